The molecule has 0 saturated heterocycles. The highest BCUT2D eigenvalue weighted by molar-refractivity contribution is 7.26. The van der Waals surface area contributed by atoms with E-state index in [0.29, 0.717) is 16.5 Å². The first-order chi connectivity index (χ1) is 19.8. The predicted molar refractivity (Wildman–Crippen MR) is 169 cm³/mol. The molecule has 0 radical (unpaired) electrons. The van der Waals surface area contributed by atoms with Crippen molar-refractivity contribution in [3.05, 3.63) is 120 Å². The van der Waals surface area contributed by atoms with E-state index < -0.39 is 0 Å². The molecule has 0 atom stereocenters. The average Bonchev–Trinajstić information content (AvgIpc) is 3.69. The summed E-state index contributed by atoms with van der Waals surface area (Å²) < 4.78 is 11.1. The maximum Gasteiger partial charge on any atom is 0.227 e. The van der Waals surface area contributed by atoms with Crippen LogP contribution in [0.1, 0.15) is 0 Å². The van der Waals surface area contributed by atoms with Crippen LogP contribution in [0.25, 0.3) is 81.0 Å². The summed E-state index contributed by atoms with van der Waals surface area (Å²) in [5.74, 6) is 0.600. The summed E-state index contributed by atoms with van der Waals surface area (Å²) >= 11 is 8.48. The van der Waals surface area contributed by atoms with Crippen LogP contribution >= 0.6 is 22.9 Å². The summed E-state index contributed by atoms with van der Waals surface area (Å²) in [5, 5.41) is 7.52. The molecule has 0 N–H and O–H groups in total. The molecule has 5 heteroatoms. The molecule has 0 amide bonds. The maximum atomic E-state index is 6.78. The molecule has 0 aliphatic rings. The van der Waals surface area contributed by atoms with Crippen molar-refractivity contribution in [2.45, 2.75) is 0 Å². The summed E-state index contributed by atoms with van der Waals surface area (Å²) in [6.45, 7) is 0. The lowest BCUT2D eigenvalue weighted by Crippen LogP contribution is -1.94. The first-order valence-corrected chi connectivity index (χ1v) is 14.4. The second-order valence-corrected chi connectivity index (χ2v) is 11.5. The molecular weight excluding hydrogens is 532 g/mol. The van der Waals surface area contributed by atoms with Crippen LogP contribution in [0.4, 0.5) is 0 Å². The third-order valence-electron chi connectivity index (χ3n) is 7.88. The number of nitrogens with zero attached hydrogens (tertiary/aromatic N) is 2. The minimum Gasteiger partial charge on any atom is -0.436 e. The van der Waals surface area contributed by atoms with E-state index in [2.05, 4.69) is 114 Å². The Balaban J connectivity index is 1.42. The topological polar surface area (TPSA) is 31.0 Å². The van der Waals surface area contributed by atoms with Crippen molar-refractivity contribution in [1.29, 1.82) is 0 Å². The number of fused-ring (bicyclic) bond motifs is 10. The van der Waals surface area contributed by atoms with Crippen LogP contribution in [0.5, 0.6) is 0 Å². The number of hydrogen-bond acceptors (Lipinski definition) is 3. The van der Waals surface area contributed by atoms with Gasteiger partial charge in [-0.05, 0) is 35.7 Å². The molecule has 188 valence electrons. The quantitative estimate of drug-likeness (QED) is 0.214. The lowest BCUT2D eigenvalue weighted by Gasteiger charge is -2.11. The van der Waals surface area contributed by atoms with Gasteiger partial charge in [-0.1, -0.05) is 90.5 Å². The molecule has 0 aliphatic heterocycles. The van der Waals surface area contributed by atoms with Crippen LogP contribution in [-0.4, -0.2) is 9.55 Å². The smallest absolute Gasteiger partial charge is 0.227 e. The zero-order valence-corrected chi connectivity index (χ0v) is 22.6. The Morgan fingerprint density at radius 1 is 0.675 bits per heavy atom. The van der Waals surface area contributed by atoms with Gasteiger partial charge in [-0.25, -0.2) is 4.98 Å². The third-order valence-corrected chi connectivity index (χ3v) is 9.49. The van der Waals surface area contributed by atoms with Gasteiger partial charge in [0.2, 0.25) is 5.89 Å². The fourth-order valence-corrected chi connectivity index (χ4v) is 7.62. The molecule has 40 heavy (non-hydrogen) atoms. The molecule has 0 unspecified atom stereocenters. The number of thiophene rings is 1. The summed E-state index contributed by atoms with van der Waals surface area (Å²) in [6, 6.07) is 40.2. The molecule has 0 bridgehead atoms. The normalized spacial score (nSPS) is 12.1. The van der Waals surface area contributed by atoms with Crippen LogP contribution in [0.3, 0.4) is 0 Å². The van der Waals surface area contributed by atoms with Crippen molar-refractivity contribution < 1.29 is 4.42 Å². The Hall–Kier alpha value is -4.64. The first kappa shape index (κ1) is 22.2. The minimum atomic E-state index is 0.600. The van der Waals surface area contributed by atoms with Crippen molar-refractivity contribution in [3.63, 3.8) is 0 Å². The molecule has 0 saturated carbocycles. The van der Waals surface area contributed by atoms with Gasteiger partial charge in [0.15, 0.2) is 5.58 Å². The van der Waals surface area contributed by atoms with E-state index in [0.717, 1.165) is 43.0 Å². The van der Waals surface area contributed by atoms with Crippen molar-refractivity contribution in [2.75, 3.05) is 0 Å². The van der Waals surface area contributed by atoms with Crippen LogP contribution in [-0.2, 0) is 0 Å². The van der Waals surface area contributed by atoms with E-state index in [9.17, 15) is 0 Å². The molecular formula is C35H19ClN2OS. The van der Waals surface area contributed by atoms with E-state index in [1.54, 1.807) is 11.3 Å². The second-order valence-electron chi connectivity index (χ2n) is 10.1. The SMILES string of the molecule is Clc1cc2oc(-c3cc4c5ccccc5n(-c5ccccc5)c4c4ccccc34)nc2c2c1sc1ccccc12. The summed E-state index contributed by atoms with van der Waals surface area (Å²) in [5.41, 5.74) is 6.00. The number of aromatic nitrogens is 2. The number of hydrogen-bond donors (Lipinski definition) is 0. The van der Waals surface area contributed by atoms with Crippen molar-refractivity contribution in [1.82, 2.24) is 9.55 Å². The van der Waals surface area contributed by atoms with Crippen LogP contribution in [0.15, 0.2) is 120 Å². The number of rotatable bonds is 2. The van der Waals surface area contributed by atoms with Gasteiger partial charge < -0.3 is 8.98 Å². The third kappa shape index (κ3) is 2.98. The number of para-hydroxylation sites is 2. The van der Waals surface area contributed by atoms with Gasteiger partial charge in [-0.2, -0.15) is 0 Å². The Morgan fingerprint density at radius 2 is 1.38 bits per heavy atom. The molecule has 3 heterocycles. The molecule has 9 rings (SSSR count). The molecule has 3 nitrogen and oxygen atoms in total. The fraction of sp³-hybridized carbons (Fsp3) is 0. The highest BCUT2D eigenvalue weighted by atomic mass is 35.5. The van der Waals surface area contributed by atoms with Crippen molar-refractivity contribution >= 4 is 86.8 Å². The molecule has 0 aliphatic carbocycles. The van der Waals surface area contributed by atoms with Gasteiger partial charge >= 0.3 is 0 Å². The lowest BCUT2D eigenvalue weighted by molar-refractivity contribution is 0.621. The summed E-state index contributed by atoms with van der Waals surface area (Å²) in [7, 11) is 0. The average molecular weight is 551 g/mol. The van der Waals surface area contributed by atoms with Gasteiger partial charge in [-0.3, -0.25) is 0 Å². The van der Waals surface area contributed by atoms with E-state index in [4.69, 9.17) is 21.0 Å². The van der Waals surface area contributed by atoms with Crippen LogP contribution in [0, 0.1) is 0 Å². The predicted octanol–water partition coefficient (Wildman–Crippen LogP) is 10.8. The van der Waals surface area contributed by atoms with Gasteiger partial charge in [0, 0.05) is 48.9 Å². The van der Waals surface area contributed by atoms with Crippen molar-refractivity contribution in [2.24, 2.45) is 0 Å². The first-order valence-electron chi connectivity index (χ1n) is 13.2. The molecule has 6 aromatic carbocycles. The lowest BCUT2D eigenvalue weighted by atomic mass is 10.00. The molecule has 9 aromatic rings. The Morgan fingerprint density at radius 3 is 2.23 bits per heavy atom. The Bertz CT molecular complexity index is 2450. The second kappa shape index (κ2) is 8.18. The summed E-state index contributed by atoms with van der Waals surface area (Å²) in [6.07, 6.45) is 0. The van der Waals surface area contributed by atoms with Crippen LogP contribution < -0.4 is 0 Å². The molecule has 0 fully saturated rings. The zero-order valence-electron chi connectivity index (χ0n) is 21.1. The van der Waals surface area contributed by atoms with Gasteiger partial charge in [0.1, 0.15) is 5.52 Å². The van der Waals surface area contributed by atoms with E-state index in [1.165, 1.54) is 26.5 Å². The Labute approximate surface area is 237 Å². The van der Waals surface area contributed by atoms with E-state index in [1.807, 2.05) is 6.07 Å². The fourth-order valence-electron chi connectivity index (χ4n) is 6.20. The molecule has 0 spiro atoms. The van der Waals surface area contributed by atoms with Crippen LogP contribution in [0.2, 0.25) is 5.02 Å². The van der Waals surface area contributed by atoms with E-state index >= 15 is 0 Å². The minimum absolute atomic E-state index is 0.600. The number of halogens is 1. The number of benzene rings is 6. The Kier molecular flexibility index (Phi) is 4.54. The highest BCUT2D eigenvalue weighted by Crippen LogP contribution is 2.45. The van der Waals surface area contributed by atoms with Gasteiger partial charge in [-0.15, -0.1) is 11.3 Å². The van der Waals surface area contributed by atoms with Crippen molar-refractivity contribution in [3.8, 4) is 17.1 Å². The largest absolute Gasteiger partial charge is 0.436 e. The monoisotopic (exact) mass is 550 g/mol. The standard InChI is InChI=1S/C35H19ClN2OS/c36-27-19-29-32(31-24-15-7-9-17-30(24)40-34(27)31)37-35(39-29)26-18-25-22-13-6-8-16-28(22)38(20-10-2-1-3-11-20)33(25)23-14-5-4-12-21(23)26/h1-19H. The van der Waals surface area contributed by atoms with Gasteiger partial charge in [0.25, 0.3) is 0 Å². The maximum absolute atomic E-state index is 6.78. The molecule has 3 aromatic heterocycles. The highest BCUT2D eigenvalue weighted by Gasteiger charge is 2.22. The number of oxazole rings is 1. The van der Waals surface area contributed by atoms with E-state index in [-0.39, 0.29) is 0 Å². The zero-order chi connectivity index (χ0) is 26.4. The summed E-state index contributed by atoms with van der Waals surface area (Å²) in [4.78, 5) is 5.15. The van der Waals surface area contributed by atoms with Gasteiger partial charge in [0.05, 0.1) is 20.8 Å².